The Balaban J connectivity index is 1.61. The standard InChI is InChI=1S/C26H22BrF5N2O2/c1-36-23-9-7-19(15-22(23)34-12-10-25(28,29)11-13-34)33-24(35)20-8-6-18(27)14-21(20)16-2-4-17(5-3-16)26(30,31)32/h2-9,14-15H,10-13H2,1H3,(H,33,35). The average Bonchev–Trinajstić information content (AvgIpc) is 2.83. The van der Waals surface area contributed by atoms with E-state index in [1.807, 2.05) is 0 Å². The van der Waals surface area contributed by atoms with Gasteiger partial charge in [-0.1, -0.05) is 28.1 Å². The number of carbonyl (C=O) groups excluding carboxylic acids is 1. The summed E-state index contributed by atoms with van der Waals surface area (Å²) in [5, 5.41) is 2.81. The summed E-state index contributed by atoms with van der Waals surface area (Å²) in [6, 6.07) is 14.4. The van der Waals surface area contributed by atoms with E-state index in [1.165, 1.54) is 19.2 Å². The first-order chi connectivity index (χ1) is 17.0. The van der Waals surface area contributed by atoms with Gasteiger partial charge in [-0.25, -0.2) is 8.78 Å². The molecule has 0 atom stereocenters. The number of amides is 1. The second kappa shape index (κ2) is 10.1. The van der Waals surface area contributed by atoms with Gasteiger partial charge in [0.25, 0.3) is 11.8 Å². The van der Waals surface area contributed by atoms with Crippen LogP contribution in [0.3, 0.4) is 0 Å². The van der Waals surface area contributed by atoms with Crippen molar-refractivity contribution < 1.29 is 31.5 Å². The maximum absolute atomic E-state index is 13.6. The summed E-state index contributed by atoms with van der Waals surface area (Å²) in [5.41, 5.74) is 1.38. The number of methoxy groups -OCH3 is 1. The maximum Gasteiger partial charge on any atom is 0.416 e. The highest BCUT2D eigenvalue weighted by Gasteiger charge is 2.35. The summed E-state index contributed by atoms with van der Waals surface area (Å²) < 4.78 is 72.2. The minimum absolute atomic E-state index is 0.144. The molecule has 1 aliphatic rings. The van der Waals surface area contributed by atoms with E-state index in [0.29, 0.717) is 32.7 Å². The van der Waals surface area contributed by atoms with Gasteiger partial charge in [0.15, 0.2) is 0 Å². The van der Waals surface area contributed by atoms with Crippen LogP contribution < -0.4 is 15.0 Å². The van der Waals surface area contributed by atoms with E-state index in [-0.39, 0.29) is 31.5 Å². The van der Waals surface area contributed by atoms with Gasteiger partial charge in [-0.05, 0) is 59.7 Å². The Labute approximate surface area is 213 Å². The van der Waals surface area contributed by atoms with Gasteiger partial charge in [-0.2, -0.15) is 13.2 Å². The molecule has 190 valence electrons. The fraction of sp³-hybridized carbons (Fsp3) is 0.269. The summed E-state index contributed by atoms with van der Waals surface area (Å²) in [7, 11) is 1.48. The number of nitrogens with one attached hydrogen (secondary N) is 1. The molecule has 0 aliphatic carbocycles. The topological polar surface area (TPSA) is 41.6 Å². The van der Waals surface area contributed by atoms with Crippen LogP contribution in [0, 0.1) is 0 Å². The molecule has 3 aromatic carbocycles. The predicted molar refractivity (Wildman–Crippen MR) is 132 cm³/mol. The van der Waals surface area contributed by atoms with E-state index in [0.717, 1.165) is 12.1 Å². The van der Waals surface area contributed by atoms with Crippen molar-refractivity contribution in [2.24, 2.45) is 0 Å². The third-order valence-electron chi connectivity index (χ3n) is 6.02. The first-order valence-electron chi connectivity index (χ1n) is 11.1. The Bertz CT molecular complexity index is 1250. The Kier molecular flexibility index (Phi) is 7.26. The Morgan fingerprint density at radius 1 is 1.00 bits per heavy atom. The van der Waals surface area contributed by atoms with Gasteiger partial charge in [-0.15, -0.1) is 0 Å². The highest BCUT2D eigenvalue weighted by Crippen LogP contribution is 2.37. The molecular formula is C26H22BrF5N2O2. The third kappa shape index (κ3) is 5.80. The van der Waals surface area contributed by atoms with Crippen LogP contribution in [0.25, 0.3) is 11.1 Å². The lowest BCUT2D eigenvalue weighted by Crippen LogP contribution is -2.39. The fourth-order valence-corrected chi connectivity index (χ4v) is 4.44. The Morgan fingerprint density at radius 3 is 2.28 bits per heavy atom. The molecule has 1 saturated heterocycles. The van der Waals surface area contributed by atoms with E-state index in [1.54, 1.807) is 41.3 Å². The molecule has 0 radical (unpaired) electrons. The normalized spacial score (nSPS) is 15.5. The molecule has 1 aliphatic heterocycles. The first-order valence-corrected chi connectivity index (χ1v) is 11.9. The number of rotatable bonds is 5. The lowest BCUT2D eigenvalue weighted by atomic mass is 9.98. The van der Waals surface area contributed by atoms with Crippen molar-refractivity contribution in [3.63, 3.8) is 0 Å². The lowest BCUT2D eigenvalue weighted by molar-refractivity contribution is -0.137. The second-order valence-electron chi connectivity index (χ2n) is 8.45. The van der Waals surface area contributed by atoms with Crippen LogP contribution in [0.5, 0.6) is 5.75 Å². The molecule has 3 aromatic rings. The summed E-state index contributed by atoms with van der Waals surface area (Å²) in [6.45, 7) is 0.289. The lowest BCUT2D eigenvalue weighted by Gasteiger charge is -2.34. The van der Waals surface area contributed by atoms with Gasteiger partial charge in [0.05, 0.1) is 18.4 Å². The molecule has 1 heterocycles. The quantitative estimate of drug-likeness (QED) is 0.322. The van der Waals surface area contributed by atoms with Gasteiger partial charge in [-0.3, -0.25) is 4.79 Å². The third-order valence-corrected chi connectivity index (χ3v) is 6.52. The number of anilines is 2. The number of ether oxygens (including phenoxy) is 1. The number of carbonyl (C=O) groups is 1. The van der Waals surface area contributed by atoms with Crippen LogP contribution >= 0.6 is 15.9 Å². The van der Waals surface area contributed by atoms with Crippen molar-refractivity contribution in [2.75, 3.05) is 30.4 Å². The SMILES string of the molecule is COc1ccc(NC(=O)c2ccc(Br)cc2-c2ccc(C(F)(F)F)cc2)cc1N1CCC(F)(F)CC1. The van der Waals surface area contributed by atoms with E-state index >= 15 is 0 Å². The molecule has 0 saturated carbocycles. The summed E-state index contributed by atoms with van der Waals surface area (Å²) in [6.07, 6.45) is -5.02. The van der Waals surface area contributed by atoms with E-state index in [9.17, 15) is 26.7 Å². The molecular weight excluding hydrogens is 547 g/mol. The van der Waals surface area contributed by atoms with Crippen molar-refractivity contribution in [2.45, 2.75) is 24.9 Å². The van der Waals surface area contributed by atoms with Crippen molar-refractivity contribution in [3.8, 4) is 16.9 Å². The number of piperidine rings is 1. The zero-order valence-corrected chi connectivity index (χ0v) is 20.7. The van der Waals surface area contributed by atoms with Gasteiger partial charge in [0.2, 0.25) is 0 Å². The molecule has 4 rings (SSSR count). The van der Waals surface area contributed by atoms with Crippen LogP contribution in [0.2, 0.25) is 0 Å². The number of alkyl halides is 5. The van der Waals surface area contributed by atoms with Gasteiger partial charge in [0, 0.05) is 41.7 Å². The van der Waals surface area contributed by atoms with Crippen LogP contribution in [0.1, 0.15) is 28.8 Å². The van der Waals surface area contributed by atoms with Crippen LogP contribution in [0.4, 0.5) is 33.3 Å². The molecule has 1 N–H and O–H groups in total. The summed E-state index contributed by atoms with van der Waals surface area (Å²) in [5.74, 6) is -2.68. The van der Waals surface area contributed by atoms with Crippen molar-refractivity contribution in [1.82, 2.24) is 0 Å². The molecule has 0 aromatic heterocycles. The molecule has 0 spiro atoms. The molecule has 36 heavy (non-hydrogen) atoms. The van der Waals surface area contributed by atoms with Crippen molar-refractivity contribution in [3.05, 3.63) is 76.3 Å². The number of halogens is 6. The van der Waals surface area contributed by atoms with Crippen molar-refractivity contribution in [1.29, 1.82) is 0 Å². The van der Waals surface area contributed by atoms with Gasteiger partial charge in [0.1, 0.15) is 5.75 Å². The first kappa shape index (κ1) is 25.9. The fourth-order valence-electron chi connectivity index (χ4n) is 4.08. The average molecular weight is 569 g/mol. The second-order valence-corrected chi connectivity index (χ2v) is 9.36. The highest BCUT2D eigenvalue weighted by molar-refractivity contribution is 9.10. The Morgan fingerprint density at radius 2 is 1.67 bits per heavy atom. The number of hydrogen-bond donors (Lipinski definition) is 1. The smallest absolute Gasteiger partial charge is 0.416 e. The Hall–Kier alpha value is -3.14. The molecule has 1 amide bonds. The van der Waals surface area contributed by atoms with E-state index in [4.69, 9.17) is 4.74 Å². The summed E-state index contributed by atoms with van der Waals surface area (Å²) >= 11 is 3.35. The van der Waals surface area contributed by atoms with Gasteiger partial charge < -0.3 is 15.0 Å². The minimum Gasteiger partial charge on any atom is -0.495 e. The summed E-state index contributed by atoms with van der Waals surface area (Å²) in [4.78, 5) is 15.0. The maximum atomic E-state index is 13.6. The molecule has 10 heteroatoms. The molecule has 1 fully saturated rings. The number of hydrogen-bond acceptors (Lipinski definition) is 3. The molecule has 4 nitrogen and oxygen atoms in total. The van der Waals surface area contributed by atoms with Crippen LogP contribution in [-0.2, 0) is 6.18 Å². The minimum atomic E-state index is -4.47. The van der Waals surface area contributed by atoms with E-state index < -0.39 is 23.6 Å². The van der Waals surface area contributed by atoms with Crippen LogP contribution in [0.15, 0.2) is 65.1 Å². The van der Waals surface area contributed by atoms with E-state index in [2.05, 4.69) is 21.2 Å². The molecule has 0 bridgehead atoms. The molecule has 0 unspecified atom stereocenters. The largest absolute Gasteiger partial charge is 0.495 e. The zero-order chi connectivity index (χ0) is 26.1. The predicted octanol–water partition coefficient (Wildman–Crippen LogP) is 7.63. The van der Waals surface area contributed by atoms with Crippen LogP contribution in [-0.4, -0.2) is 32.0 Å². The number of benzene rings is 3. The van der Waals surface area contributed by atoms with Gasteiger partial charge >= 0.3 is 6.18 Å². The van der Waals surface area contributed by atoms with Crippen molar-refractivity contribution >= 4 is 33.2 Å². The number of nitrogens with zero attached hydrogens (tertiary/aromatic N) is 1. The monoisotopic (exact) mass is 568 g/mol. The highest BCUT2D eigenvalue weighted by atomic mass is 79.9. The zero-order valence-electron chi connectivity index (χ0n) is 19.1.